The topological polar surface area (TPSA) is 99.9 Å². The zero-order chi connectivity index (χ0) is 26.2. The third-order valence-electron chi connectivity index (χ3n) is 6.26. The Morgan fingerprint density at radius 3 is 2.35 bits per heavy atom. The van der Waals surface area contributed by atoms with E-state index in [-0.39, 0.29) is 11.5 Å². The summed E-state index contributed by atoms with van der Waals surface area (Å²) >= 11 is 1.33. The fraction of sp³-hybridized carbons (Fsp3) is 0.333. The van der Waals surface area contributed by atoms with E-state index in [1.165, 1.54) is 11.8 Å². The van der Waals surface area contributed by atoms with E-state index in [1.807, 2.05) is 35.6 Å². The summed E-state index contributed by atoms with van der Waals surface area (Å²) in [5, 5.41) is 12.1. The SMILES string of the molecule is COc1ccc(NC(=O)[C@H](C)Sc2nnc3c4c(nc(-c5ccc(OC)cc5)n23)CC(C)(C)OC4)cc1. The zero-order valence-corrected chi connectivity index (χ0v) is 22.3. The standard InChI is InChI=1S/C27H29N5O4S/c1-16(25(33)28-18-8-12-20(35-5)13-9-18)37-26-31-30-24-21-15-36-27(2,3)14-22(21)29-23(32(24)26)17-6-10-19(34-4)11-7-17/h6-13,16H,14-15H2,1-5H3,(H,28,33)/t16-/m0/s1. The fourth-order valence-corrected chi connectivity index (χ4v) is 5.04. The minimum atomic E-state index is -0.440. The minimum Gasteiger partial charge on any atom is -0.497 e. The van der Waals surface area contributed by atoms with Gasteiger partial charge in [0.2, 0.25) is 5.91 Å². The van der Waals surface area contributed by atoms with E-state index in [9.17, 15) is 4.79 Å². The molecule has 10 heteroatoms. The summed E-state index contributed by atoms with van der Waals surface area (Å²) in [5.74, 6) is 2.05. The van der Waals surface area contributed by atoms with E-state index in [4.69, 9.17) is 19.2 Å². The van der Waals surface area contributed by atoms with E-state index in [1.54, 1.807) is 38.5 Å². The number of nitrogens with one attached hydrogen (secondary N) is 1. The molecule has 0 saturated heterocycles. The number of hydrogen-bond acceptors (Lipinski definition) is 8. The van der Waals surface area contributed by atoms with Gasteiger partial charge in [0, 0.05) is 23.2 Å². The molecule has 0 fully saturated rings. The minimum absolute atomic E-state index is 0.145. The van der Waals surface area contributed by atoms with Gasteiger partial charge in [-0.15, -0.1) is 10.2 Å². The number of hydrogen-bond donors (Lipinski definition) is 1. The predicted molar refractivity (Wildman–Crippen MR) is 142 cm³/mol. The average Bonchev–Trinajstić information content (AvgIpc) is 3.31. The van der Waals surface area contributed by atoms with Crippen LogP contribution in [-0.4, -0.2) is 50.6 Å². The number of fused-ring (bicyclic) bond motifs is 3. The van der Waals surface area contributed by atoms with Gasteiger partial charge in [0.1, 0.15) is 17.3 Å². The van der Waals surface area contributed by atoms with Crippen LogP contribution in [0.1, 0.15) is 32.0 Å². The van der Waals surface area contributed by atoms with E-state index < -0.39 is 5.25 Å². The number of aromatic nitrogens is 4. The smallest absolute Gasteiger partial charge is 0.237 e. The van der Waals surface area contributed by atoms with Gasteiger partial charge in [0.05, 0.1) is 37.4 Å². The number of anilines is 1. The summed E-state index contributed by atoms with van der Waals surface area (Å²) < 4.78 is 18.5. The molecule has 2 aromatic heterocycles. The van der Waals surface area contributed by atoms with Crippen LogP contribution in [-0.2, 0) is 22.6 Å². The predicted octanol–water partition coefficient (Wildman–Crippen LogP) is 4.78. The van der Waals surface area contributed by atoms with Crippen LogP contribution in [0.3, 0.4) is 0 Å². The van der Waals surface area contributed by atoms with E-state index in [2.05, 4.69) is 29.4 Å². The summed E-state index contributed by atoms with van der Waals surface area (Å²) in [7, 11) is 3.24. The van der Waals surface area contributed by atoms with Crippen molar-refractivity contribution in [3.63, 3.8) is 0 Å². The Labute approximate surface area is 219 Å². The summed E-state index contributed by atoms with van der Waals surface area (Å²) in [5.41, 5.74) is 3.83. The number of amides is 1. The molecule has 4 aromatic rings. The quantitative estimate of drug-likeness (QED) is 0.348. The van der Waals surface area contributed by atoms with Gasteiger partial charge < -0.3 is 19.5 Å². The number of nitrogens with zero attached hydrogens (tertiary/aromatic N) is 4. The van der Waals surface area contributed by atoms with Crippen LogP contribution in [0.15, 0.2) is 53.7 Å². The van der Waals surface area contributed by atoms with Gasteiger partial charge in [0.25, 0.3) is 0 Å². The zero-order valence-electron chi connectivity index (χ0n) is 21.4. The first-order chi connectivity index (χ1) is 17.8. The van der Waals surface area contributed by atoms with Gasteiger partial charge in [-0.2, -0.15) is 0 Å². The maximum atomic E-state index is 13.0. The van der Waals surface area contributed by atoms with Crippen molar-refractivity contribution in [3.05, 3.63) is 59.8 Å². The highest BCUT2D eigenvalue weighted by atomic mass is 32.2. The molecule has 1 atom stereocenters. The van der Waals surface area contributed by atoms with Crippen LogP contribution >= 0.6 is 11.8 Å². The van der Waals surface area contributed by atoms with E-state index >= 15 is 0 Å². The number of carbonyl (C=O) groups excluding carboxylic acids is 1. The van der Waals surface area contributed by atoms with Gasteiger partial charge in [-0.25, -0.2) is 4.98 Å². The molecule has 37 heavy (non-hydrogen) atoms. The van der Waals surface area contributed by atoms with Crippen LogP contribution in [0.25, 0.3) is 17.0 Å². The van der Waals surface area contributed by atoms with Crippen molar-refractivity contribution in [1.29, 1.82) is 0 Å². The second-order valence-electron chi connectivity index (χ2n) is 9.43. The van der Waals surface area contributed by atoms with Gasteiger partial charge in [0.15, 0.2) is 10.8 Å². The lowest BCUT2D eigenvalue weighted by molar-refractivity contribution is -0.115. The van der Waals surface area contributed by atoms with Crippen LogP contribution in [0.5, 0.6) is 11.5 Å². The summed E-state index contributed by atoms with van der Waals surface area (Å²) in [6.45, 7) is 6.36. The number of carbonyl (C=O) groups is 1. The summed E-state index contributed by atoms with van der Waals surface area (Å²) in [6.07, 6.45) is 0.665. The van der Waals surface area contributed by atoms with Gasteiger partial charge in [-0.1, -0.05) is 11.8 Å². The van der Waals surface area contributed by atoms with E-state index in [0.717, 1.165) is 28.3 Å². The summed E-state index contributed by atoms with van der Waals surface area (Å²) in [6, 6.07) is 14.9. The third-order valence-corrected chi connectivity index (χ3v) is 7.30. The van der Waals surface area contributed by atoms with Crippen LogP contribution in [0, 0.1) is 0 Å². The third kappa shape index (κ3) is 5.12. The molecule has 5 rings (SSSR count). The lowest BCUT2D eigenvalue weighted by Crippen LogP contribution is -2.33. The second kappa shape index (κ2) is 10.0. The van der Waals surface area contributed by atoms with Crippen molar-refractivity contribution in [1.82, 2.24) is 19.6 Å². The van der Waals surface area contributed by atoms with E-state index in [0.29, 0.717) is 35.3 Å². The highest BCUT2D eigenvalue weighted by Gasteiger charge is 2.31. The maximum Gasteiger partial charge on any atom is 0.237 e. The second-order valence-corrected chi connectivity index (χ2v) is 10.7. The Hall–Kier alpha value is -3.63. The molecule has 1 N–H and O–H groups in total. The Morgan fingerprint density at radius 1 is 1.05 bits per heavy atom. The van der Waals surface area contributed by atoms with Crippen LogP contribution in [0.4, 0.5) is 5.69 Å². The highest BCUT2D eigenvalue weighted by Crippen LogP contribution is 2.35. The molecule has 0 spiro atoms. The largest absolute Gasteiger partial charge is 0.497 e. The van der Waals surface area contributed by atoms with Crippen molar-refractivity contribution < 1.29 is 19.0 Å². The molecule has 2 aromatic carbocycles. The molecule has 0 saturated carbocycles. The van der Waals surface area contributed by atoms with Gasteiger partial charge in [-0.05, 0) is 69.3 Å². The molecule has 3 heterocycles. The highest BCUT2D eigenvalue weighted by molar-refractivity contribution is 8.00. The molecule has 0 aliphatic carbocycles. The van der Waals surface area contributed by atoms with Crippen LogP contribution < -0.4 is 14.8 Å². The molecule has 0 bridgehead atoms. The molecule has 0 unspecified atom stereocenters. The molecule has 0 radical (unpaired) electrons. The van der Waals surface area contributed by atoms with Crippen LogP contribution in [0.2, 0.25) is 0 Å². The van der Waals surface area contributed by atoms with Crippen molar-refractivity contribution >= 4 is 29.0 Å². The van der Waals surface area contributed by atoms with Crippen molar-refractivity contribution in [2.24, 2.45) is 0 Å². The number of thioether (sulfide) groups is 1. The normalized spacial score (nSPS) is 15.2. The fourth-order valence-electron chi connectivity index (χ4n) is 4.19. The monoisotopic (exact) mass is 519 g/mol. The Morgan fingerprint density at radius 2 is 1.70 bits per heavy atom. The molecule has 1 aliphatic rings. The average molecular weight is 520 g/mol. The maximum absolute atomic E-state index is 13.0. The lowest BCUT2D eigenvalue weighted by atomic mass is 9.96. The Balaban J connectivity index is 1.50. The first kappa shape index (κ1) is 25.0. The van der Waals surface area contributed by atoms with Crippen molar-refractivity contribution in [2.75, 3.05) is 19.5 Å². The molecule has 1 aliphatic heterocycles. The number of benzene rings is 2. The lowest BCUT2D eigenvalue weighted by Gasteiger charge is -2.31. The van der Waals surface area contributed by atoms with Gasteiger partial charge >= 0.3 is 0 Å². The number of methoxy groups -OCH3 is 2. The van der Waals surface area contributed by atoms with Crippen molar-refractivity contribution in [2.45, 2.75) is 49.8 Å². The number of rotatable bonds is 7. The number of ether oxygens (including phenoxy) is 3. The molecule has 9 nitrogen and oxygen atoms in total. The Kier molecular flexibility index (Phi) is 6.78. The molecular weight excluding hydrogens is 490 g/mol. The molecular formula is C27H29N5O4S. The summed E-state index contributed by atoms with van der Waals surface area (Å²) in [4.78, 5) is 18.1. The first-order valence-electron chi connectivity index (χ1n) is 11.9. The first-order valence-corrected chi connectivity index (χ1v) is 12.8. The molecule has 1 amide bonds. The molecule has 192 valence electrons. The Bertz CT molecular complexity index is 1430. The van der Waals surface area contributed by atoms with Crippen molar-refractivity contribution in [3.8, 4) is 22.9 Å². The van der Waals surface area contributed by atoms with Gasteiger partial charge in [-0.3, -0.25) is 9.20 Å².